The van der Waals surface area contributed by atoms with Crippen molar-refractivity contribution in [2.24, 2.45) is 5.73 Å². The molecule has 0 saturated heterocycles. The molecule has 2 unspecified atom stereocenters. The smallest absolute Gasteiger partial charge is 0.0320 e. The summed E-state index contributed by atoms with van der Waals surface area (Å²) >= 11 is 0. The van der Waals surface area contributed by atoms with Crippen molar-refractivity contribution in [3.8, 4) is 0 Å². The molecule has 1 aromatic carbocycles. The van der Waals surface area contributed by atoms with E-state index in [-0.39, 0.29) is 6.04 Å². The Labute approximate surface area is 106 Å². The standard InChI is InChI=1S/C15H26N2/c1-10-8-12(3)14(9-11(10)2)15(17-5)7-6-13(4)16/h8-9,13,15,17H,6-7,16H2,1-5H3. The van der Waals surface area contributed by atoms with Crippen molar-refractivity contribution < 1.29 is 0 Å². The van der Waals surface area contributed by atoms with E-state index in [2.05, 4.69) is 45.1 Å². The molecule has 0 aliphatic rings. The molecule has 0 fully saturated rings. The highest BCUT2D eigenvalue weighted by molar-refractivity contribution is 5.38. The molecule has 0 heterocycles. The minimum absolute atomic E-state index is 0.276. The molecule has 17 heavy (non-hydrogen) atoms. The molecule has 0 aromatic heterocycles. The molecule has 0 amide bonds. The number of nitrogens with two attached hydrogens (primary N) is 1. The summed E-state index contributed by atoms with van der Waals surface area (Å²) in [4.78, 5) is 0. The second-order valence-electron chi connectivity index (χ2n) is 5.19. The summed E-state index contributed by atoms with van der Waals surface area (Å²) in [5, 5.41) is 3.41. The fourth-order valence-corrected chi connectivity index (χ4v) is 2.24. The highest BCUT2D eigenvalue weighted by Crippen LogP contribution is 2.25. The lowest BCUT2D eigenvalue weighted by atomic mass is 9.92. The first kappa shape index (κ1) is 14.2. The van der Waals surface area contributed by atoms with E-state index in [1.165, 1.54) is 22.3 Å². The molecular weight excluding hydrogens is 208 g/mol. The van der Waals surface area contributed by atoms with Gasteiger partial charge in [-0.2, -0.15) is 0 Å². The van der Waals surface area contributed by atoms with Gasteiger partial charge in [-0.15, -0.1) is 0 Å². The SMILES string of the molecule is CNC(CCC(C)N)c1cc(C)c(C)cc1C. The van der Waals surface area contributed by atoms with Crippen molar-refractivity contribution in [1.82, 2.24) is 5.32 Å². The van der Waals surface area contributed by atoms with Gasteiger partial charge in [0.1, 0.15) is 0 Å². The average Bonchev–Trinajstić information content (AvgIpc) is 2.25. The van der Waals surface area contributed by atoms with Gasteiger partial charge < -0.3 is 11.1 Å². The Morgan fingerprint density at radius 3 is 2.18 bits per heavy atom. The lowest BCUT2D eigenvalue weighted by Crippen LogP contribution is -2.22. The van der Waals surface area contributed by atoms with Crippen molar-refractivity contribution in [2.45, 2.75) is 52.6 Å². The zero-order chi connectivity index (χ0) is 13.0. The second-order valence-corrected chi connectivity index (χ2v) is 5.19. The van der Waals surface area contributed by atoms with Crippen LogP contribution in [0.25, 0.3) is 0 Å². The maximum atomic E-state index is 5.84. The molecule has 96 valence electrons. The van der Waals surface area contributed by atoms with Crippen molar-refractivity contribution in [2.75, 3.05) is 7.05 Å². The Balaban J connectivity index is 2.91. The van der Waals surface area contributed by atoms with Crippen LogP contribution in [0.2, 0.25) is 0 Å². The van der Waals surface area contributed by atoms with E-state index in [0.717, 1.165) is 12.8 Å². The minimum Gasteiger partial charge on any atom is -0.328 e. The topological polar surface area (TPSA) is 38.0 Å². The number of hydrogen-bond acceptors (Lipinski definition) is 2. The summed E-state index contributed by atoms with van der Waals surface area (Å²) in [6, 6.07) is 5.28. The van der Waals surface area contributed by atoms with Gasteiger partial charge in [-0.25, -0.2) is 0 Å². The van der Waals surface area contributed by atoms with Crippen LogP contribution in [0.5, 0.6) is 0 Å². The van der Waals surface area contributed by atoms with E-state index in [1.807, 2.05) is 7.05 Å². The third kappa shape index (κ3) is 3.83. The molecule has 2 heteroatoms. The predicted molar refractivity (Wildman–Crippen MR) is 75.3 cm³/mol. The van der Waals surface area contributed by atoms with E-state index in [0.29, 0.717) is 6.04 Å². The van der Waals surface area contributed by atoms with Gasteiger partial charge in [-0.1, -0.05) is 12.1 Å². The van der Waals surface area contributed by atoms with Gasteiger partial charge in [0, 0.05) is 12.1 Å². The first-order valence-electron chi connectivity index (χ1n) is 6.46. The molecule has 0 aliphatic heterocycles. The maximum absolute atomic E-state index is 5.84. The third-order valence-electron chi connectivity index (χ3n) is 3.52. The largest absolute Gasteiger partial charge is 0.328 e. The van der Waals surface area contributed by atoms with Crippen LogP contribution < -0.4 is 11.1 Å². The maximum Gasteiger partial charge on any atom is 0.0320 e. The Morgan fingerprint density at radius 2 is 1.65 bits per heavy atom. The van der Waals surface area contributed by atoms with E-state index in [1.54, 1.807) is 0 Å². The highest BCUT2D eigenvalue weighted by atomic mass is 14.9. The number of rotatable bonds is 5. The monoisotopic (exact) mass is 234 g/mol. The predicted octanol–water partition coefficient (Wildman–Crippen LogP) is 3.00. The van der Waals surface area contributed by atoms with Gasteiger partial charge in [0.15, 0.2) is 0 Å². The number of nitrogens with one attached hydrogen (secondary N) is 1. The Bertz CT molecular complexity index is 369. The van der Waals surface area contributed by atoms with Crippen LogP contribution in [0, 0.1) is 20.8 Å². The summed E-state index contributed by atoms with van der Waals surface area (Å²) < 4.78 is 0. The van der Waals surface area contributed by atoms with Crippen LogP contribution in [-0.4, -0.2) is 13.1 Å². The fourth-order valence-electron chi connectivity index (χ4n) is 2.24. The minimum atomic E-state index is 0.276. The van der Waals surface area contributed by atoms with E-state index >= 15 is 0 Å². The molecule has 0 spiro atoms. The first-order chi connectivity index (χ1) is 7.95. The molecule has 1 rings (SSSR count). The number of benzene rings is 1. The van der Waals surface area contributed by atoms with Crippen molar-refractivity contribution in [3.63, 3.8) is 0 Å². The number of hydrogen-bond donors (Lipinski definition) is 2. The van der Waals surface area contributed by atoms with Gasteiger partial charge in [-0.3, -0.25) is 0 Å². The van der Waals surface area contributed by atoms with Gasteiger partial charge in [0.05, 0.1) is 0 Å². The Kier molecular flexibility index (Phi) is 5.16. The molecule has 0 bridgehead atoms. The molecule has 2 nitrogen and oxygen atoms in total. The quantitative estimate of drug-likeness (QED) is 0.822. The summed E-state index contributed by atoms with van der Waals surface area (Å²) in [7, 11) is 2.03. The molecule has 2 atom stereocenters. The first-order valence-corrected chi connectivity index (χ1v) is 6.46. The molecule has 1 aromatic rings. The lowest BCUT2D eigenvalue weighted by molar-refractivity contribution is 0.494. The third-order valence-corrected chi connectivity index (χ3v) is 3.52. The molecule has 3 N–H and O–H groups in total. The zero-order valence-corrected chi connectivity index (χ0v) is 11.8. The Morgan fingerprint density at radius 1 is 1.06 bits per heavy atom. The van der Waals surface area contributed by atoms with E-state index < -0.39 is 0 Å². The normalized spacial score (nSPS) is 14.7. The average molecular weight is 234 g/mol. The van der Waals surface area contributed by atoms with Crippen LogP contribution in [0.3, 0.4) is 0 Å². The van der Waals surface area contributed by atoms with E-state index in [4.69, 9.17) is 5.73 Å². The number of aryl methyl sites for hydroxylation is 3. The molecule has 0 radical (unpaired) electrons. The zero-order valence-electron chi connectivity index (χ0n) is 11.8. The van der Waals surface area contributed by atoms with Crippen molar-refractivity contribution in [3.05, 3.63) is 34.4 Å². The van der Waals surface area contributed by atoms with Crippen LogP contribution >= 0.6 is 0 Å². The van der Waals surface area contributed by atoms with Crippen molar-refractivity contribution >= 4 is 0 Å². The van der Waals surface area contributed by atoms with Gasteiger partial charge in [-0.05, 0) is 69.8 Å². The molecule has 0 aliphatic carbocycles. The second kappa shape index (κ2) is 6.18. The van der Waals surface area contributed by atoms with Crippen LogP contribution in [0.15, 0.2) is 12.1 Å². The van der Waals surface area contributed by atoms with Crippen LogP contribution in [0.1, 0.15) is 48.1 Å². The molecular formula is C15H26N2. The summed E-state index contributed by atoms with van der Waals surface area (Å²) in [6.07, 6.45) is 2.15. The van der Waals surface area contributed by atoms with Crippen molar-refractivity contribution in [1.29, 1.82) is 0 Å². The highest BCUT2D eigenvalue weighted by Gasteiger charge is 2.13. The fraction of sp³-hybridized carbons (Fsp3) is 0.600. The van der Waals surface area contributed by atoms with Crippen LogP contribution in [0.4, 0.5) is 0 Å². The summed E-state index contributed by atoms with van der Waals surface area (Å²) in [5.41, 5.74) is 11.4. The van der Waals surface area contributed by atoms with Crippen LogP contribution in [-0.2, 0) is 0 Å². The molecule has 0 saturated carbocycles. The lowest BCUT2D eigenvalue weighted by Gasteiger charge is -2.21. The van der Waals surface area contributed by atoms with Gasteiger partial charge >= 0.3 is 0 Å². The van der Waals surface area contributed by atoms with Gasteiger partial charge in [0.25, 0.3) is 0 Å². The van der Waals surface area contributed by atoms with E-state index in [9.17, 15) is 0 Å². The summed E-state index contributed by atoms with van der Waals surface area (Å²) in [6.45, 7) is 8.61. The summed E-state index contributed by atoms with van der Waals surface area (Å²) in [5.74, 6) is 0. The van der Waals surface area contributed by atoms with Gasteiger partial charge in [0.2, 0.25) is 0 Å². The Hall–Kier alpha value is -0.860.